The maximum absolute atomic E-state index is 6.71. The van der Waals surface area contributed by atoms with Gasteiger partial charge in [0.25, 0.3) is 0 Å². The van der Waals surface area contributed by atoms with Crippen molar-refractivity contribution < 1.29 is 0 Å². The van der Waals surface area contributed by atoms with Crippen molar-refractivity contribution >= 4 is 11.3 Å². The van der Waals surface area contributed by atoms with Gasteiger partial charge in [-0.3, -0.25) is 4.90 Å². The monoisotopic (exact) mass is 293 g/mol. The van der Waals surface area contributed by atoms with Gasteiger partial charge in [-0.2, -0.15) is 0 Å². The molecule has 2 atom stereocenters. The van der Waals surface area contributed by atoms with Gasteiger partial charge in [-0.25, -0.2) is 4.98 Å². The first kappa shape index (κ1) is 14.5. The van der Waals surface area contributed by atoms with Gasteiger partial charge < -0.3 is 5.73 Å². The number of nitrogens with zero attached hydrogens (tertiary/aromatic N) is 2. The Bertz CT molecular complexity index is 482. The van der Waals surface area contributed by atoms with Crippen molar-refractivity contribution in [3.63, 3.8) is 0 Å². The minimum Gasteiger partial charge on any atom is -0.319 e. The lowest BCUT2D eigenvalue weighted by Gasteiger charge is -2.35. The predicted octanol–water partition coefficient (Wildman–Crippen LogP) is 3.27. The largest absolute Gasteiger partial charge is 0.319 e. The first-order chi connectivity index (χ1) is 9.48. The number of nitrogens with two attached hydrogens (primary N) is 1. The average Bonchev–Trinajstić information content (AvgIpc) is 2.81. The molecule has 0 radical (unpaired) electrons. The Morgan fingerprint density at radius 1 is 1.45 bits per heavy atom. The number of fused-ring (bicyclic) bond motifs is 1. The zero-order valence-corrected chi connectivity index (χ0v) is 13.8. The number of aromatic nitrogens is 1. The molecule has 1 aliphatic carbocycles. The van der Waals surface area contributed by atoms with Crippen molar-refractivity contribution in [2.75, 3.05) is 6.54 Å². The molecule has 0 spiro atoms. The number of hydrogen-bond acceptors (Lipinski definition) is 4. The Hall–Kier alpha value is -0.450. The molecule has 1 aromatic rings. The highest BCUT2D eigenvalue weighted by molar-refractivity contribution is 7.11. The molecule has 4 heteroatoms. The van der Waals surface area contributed by atoms with Gasteiger partial charge in [-0.1, -0.05) is 19.8 Å². The summed E-state index contributed by atoms with van der Waals surface area (Å²) in [6.07, 6.45) is 5.88. The second kappa shape index (κ2) is 5.39. The van der Waals surface area contributed by atoms with Gasteiger partial charge in [0.2, 0.25) is 0 Å². The zero-order valence-electron chi connectivity index (χ0n) is 13.0. The van der Waals surface area contributed by atoms with Gasteiger partial charge in [0.1, 0.15) is 5.01 Å². The third-order valence-corrected chi connectivity index (χ3v) is 6.25. The van der Waals surface area contributed by atoms with Crippen molar-refractivity contribution in [3.05, 3.63) is 15.6 Å². The summed E-state index contributed by atoms with van der Waals surface area (Å²) in [5, 5.41) is 1.21. The van der Waals surface area contributed by atoms with Crippen molar-refractivity contribution in [1.29, 1.82) is 0 Å². The fraction of sp³-hybridized carbons (Fsp3) is 0.812. The lowest BCUT2D eigenvalue weighted by atomic mass is 9.77. The Kier molecular flexibility index (Phi) is 3.91. The van der Waals surface area contributed by atoms with Crippen molar-refractivity contribution in [2.45, 2.75) is 71.0 Å². The van der Waals surface area contributed by atoms with Crippen LogP contribution >= 0.6 is 11.3 Å². The number of hydrogen-bond donors (Lipinski definition) is 1. The standard InChI is InChI=1S/C16H27N3S/c1-11(2)19-8-6-13-14(10-19)20-15(18-13)16(17)7-4-5-12(3)9-16/h11-12H,4-10,17H2,1-3H3. The molecule has 3 nitrogen and oxygen atoms in total. The van der Waals surface area contributed by atoms with E-state index >= 15 is 0 Å². The van der Waals surface area contributed by atoms with E-state index in [-0.39, 0.29) is 5.54 Å². The molecule has 2 heterocycles. The van der Waals surface area contributed by atoms with Gasteiger partial charge >= 0.3 is 0 Å². The van der Waals surface area contributed by atoms with Crippen molar-refractivity contribution in [1.82, 2.24) is 9.88 Å². The maximum atomic E-state index is 6.71. The van der Waals surface area contributed by atoms with E-state index in [0.29, 0.717) is 6.04 Å². The molecule has 0 saturated heterocycles. The Morgan fingerprint density at radius 3 is 2.95 bits per heavy atom. The second-order valence-corrected chi connectivity index (χ2v) is 8.14. The lowest BCUT2D eigenvalue weighted by molar-refractivity contribution is 0.204. The first-order valence-corrected chi connectivity index (χ1v) is 8.81. The first-order valence-electron chi connectivity index (χ1n) is 8.00. The molecule has 0 aromatic carbocycles. The van der Waals surface area contributed by atoms with Crippen LogP contribution in [-0.2, 0) is 18.5 Å². The molecular weight excluding hydrogens is 266 g/mol. The SMILES string of the molecule is CC1CCCC(N)(c2nc3c(s2)CN(C(C)C)CC3)C1. The molecule has 20 heavy (non-hydrogen) atoms. The van der Waals surface area contributed by atoms with Gasteiger partial charge in [-0.15, -0.1) is 11.3 Å². The van der Waals surface area contributed by atoms with Crippen LogP contribution in [0.4, 0.5) is 0 Å². The Morgan fingerprint density at radius 2 is 2.25 bits per heavy atom. The van der Waals surface area contributed by atoms with E-state index in [1.807, 2.05) is 11.3 Å². The Balaban J connectivity index is 1.83. The third kappa shape index (κ3) is 2.66. The van der Waals surface area contributed by atoms with Crippen LogP contribution in [0.5, 0.6) is 0 Å². The van der Waals surface area contributed by atoms with E-state index in [4.69, 9.17) is 10.7 Å². The van der Waals surface area contributed by atoms with E-state index in [9.17, 15) is 0 Å². The molecule has 0 bridgehead atoms. The molecule has 2 aliphatic rings. The van der Waals surface area contributed by atoms with Crippen molar-refractivity contribution in [2.24, 2.45) is 11.7 Å². The van der Waals surface area contributed by atoms with E-state index in [2.05, 4.69) is 25.7 Å². The fourth-order valence-electron chi connectivity index (χ4n) is 3.66. The van der Waals surface area contributed by atoms with Gasteiger partial charge in [0.05, 0.1) is 11.2 Å². The normalized spacial score (nSPS) is 31.6. The molecule has 1 aliphatic heterocycles. The number of thiazole rings is 1. The molecule has 2 N–H and O–H groups in total. The quantitative estimate of drug-likeness (QED) is 0.910. The van der Waals surface area contributed by atoms with E-state index < -0.39 is 0 Å². The molecular formula is C16H27N3S. The number of rotatable bonds is 2. The topological polar surface area (TPSA) is 42.1 Å². The van der Waals surface area contributed by atoms with Crippen LogP contribution in [0.2, 0.25) is 0 Å². The van der Waals surface area contributed by atoms with Crippen LogP contribution in [0, 0.1) is 5.92 Å². The minimum absolute atomic E-state index is 0.150. The highest BCUT2D eigenvalue weighted by Gasteiger charge is 2.36. The van der Waals surface area contributed by atoms with Gasteiger partial charge in [-0.05, 0) is 32.6 Å². The maximum Gasteiger partial charge on any atom is 0.113 e. The molecule has 1 saturated carbocycles. The summed E-state index contributed by atoms with van der Waals surface area (Å²) in [7, 11) is 0. The van der Waals surface area contributed by atoms with Crippen LogP contribution in [0.25, 0.3) is 0 Å². The molecule has 2 unspecified atom stereocenters. The highest BCUT2D eigenvalue weighted by Crippen LogP contribution is 2.41. The third-order valence-electron chi connectivity index (χ3n) is 4.95. The molecule has 1 fully saturated rings. The van der Waals surface area contributed by atoms with Crippen molar-refractivity contribution in [3.8, 4) is 0 Å². The summed E-state index contributed by atoms with van der Waals surface area (Å²) in [4.78, 5) is 8.94. The highest BCUT2D eigenvalue weighted by atomic mass is 32.1. The average molecular weight is 293 g/mol. The molecule has 1 aromatic heterocycles. The zero-order chi connectivity index (χ0) is 14.3. The summed E-state index contributed by atoms with van der Waals surface area (Å²) in [6, 6.07) is 0.621. The molecule has 0 amide bonds. The predicted molar refractivity (Wildman–Crippen MR) is 84.9 cm³/mol. The van der Waals surface area contributed by atoms with Crippen LogP contribution in [0.15, 0.2) is 0 Å². The van der Waals surface area contributed by atoms with Crippen LogP contribution in [-0.4, -0.2) is 22.5 Å². The smallest absolute Gasteiger partial charge is 0.113 e. The van der Waals surface area contributed by atoms with E-state index in [1.54, 1.807) is 0 Å². The van der Waals surface area contributed by atoms with Gasteiger partial charge in [0.15, 0.2) is 0 Å². The molecule has 112 valence electrons. The lowest BCUT2D eigenvalue weighted by Crippen LogP contribution is -2.40. The summed E-state index contributed by atoms with van der Waals surface area (Å²) in [6.45, 7) is 9.09. The van der Waals surface area contributed by atoms with E-state index in [0.717, 1.165) is 38.3 Å². The fourth-order valence-corrected chi connectivity index (χ4v) is 4.93. The van der Waals surface area contributed by atoms with Crippen LogP contribution < -0.4 is 5.73 Å². The summed E-state index contributed by atoms with van der Waals surface area (Å²) in [5.41, 5.74) is 7.89. The van der Waals surface area contributed by atoms with Crippen LogP contribution in [0.1, 0.15) is 62.0 Å². The minimum atomic E-state index is -0.150. The summed E-state index contributed by atoms with van der Waals surface area (Å²) in [5.74, 6) is 0.738. The van der Waals surface area contributed by atoms with Gasteiger partial charge in [0, 0.05) is 30.4 Å². The summed E-state index contributed by atoms with van der Waals surface area (Å²) >= 11 is 1.89. The van der Waals surface area contributed by atoms with E-state index in [1.165, 1.54) is 28.4 Å². The molecule has 3 rings (SSSR count). The second-order valence-electron chi connectivity index (χ2n) is 7.06. The summed E-state index contributed by atoms with van der Waals surface area (Å²) < 4.78 is 0. The van der Waals surface area contributed by atoms with Crippen LogP contribution in [0.3, 0.4) is 0 Å². The Labute approximate surface area is 126 Å².